The van der Waals surface area contributed by atoms with E-state index >= 15 is 0 Å². The maximum atomic E-state index is 5.27. The summed E-state index contributed by atoms with van der Waals surface area (Å²) >= 11 is 0. The molecule has 0 rings (SSSR count). The Balaban J connectivity index is 0. The lowest BCUT2D eigenvalue weighted by Gasteiger charge is -1.90. The lowest BCUT2D eigenvalue weighted by Crippen LogP contribution is -1.97. The molecule has 0 aliphatic rings. The summed E-state index contributed by atoms with van der Waals surface area (Å²) in [5, 5.41) is 0. The summed E-state index contributed by atoms with van der Waals surface area (Å²) in [6.45, 7) is 3.07. The Kier molecular flexibility index (Phi) is 20.3. The van der Waals surface area contributed by atoms with Gasteiger partial charge in [-0.15, -0.1) is 0 Å². The Hall–Kier alpha value is -0.0800. The maximum Gasteiger partial charge on any atom is -0.00773 e. The van der Waals surface area contributed by atoms with Gasteiger partial charge in [0.1, 0.15) is 0 Å². The third kappa shape index (κ3) is 18.1. The Bertz CT molecular complexity index is 26.1. The van der Waals surface area contributed by atoms with Crippen molar-refractivity contribution in [2.24, 2.45) is 11.5 Å². The summed E-state index contributed by atoms with van der Waals surface area (Å²) in [7, 11) is 1.50. The van der Waals surface area contributed by atoms with Crippen molar-refractivity contribution in [1.29, 1.82) is 0 Å². The molecule has 0 bridgehead atoms. The SMILES string of the molecule is CCCCCCN.CN. The van der Waals surface area contributed by atoms with E-state index in [1.807, 2.05) is 0 Å². The molecule has 0 unspecified atom stereocenters. The predicted octanol–water partition coefficient (Wildman–Crippen LogP) is 1.10. The minimum absolute atomic E-state index is 0.861. The van der Waals surface area contributed by atoms with Crippen LogP contribution in [0.25, 0.3) is 0 Å². The second-order valence-electron chi connectivity index (χ2n) is 1.85. The van der Waals surface area contributed by atoms with E-state index in [0.29, 0.717) is 0 Å². The minimum Gasteiger partial charge on any atom is -0.333 e. The summed E-state index contributed by atoms with van der Waals surface area (Å²) in [6.07, 6.45) is 5.16. The standard InChI is InChI=1S/C6H15N.CH5N/c1-2-3-4-5-6-7;1-2/h2-7H2,1H3;2H2,1H3. The van der Waals surface area contributed by atoms with Gasteiger partial charge in [0.25, 0.3) is 0 Å². The molecule has 0 heterocycles. The molecule has 0 saturated carbocycles. The van der Waals surface area contributed by atoms with Gasteiger partial charge >= 0.3 is 0 Å². The maximum absolute atomic E-state index is 5.27. The van der Waals surface area contributed by atoms with E-state index in [-0.39, 0.29) is 0 Å². The molecule has 2 nitrogen and oxygen atoms in total. The van der Waals surface area contributed by atoms with Gasteiger partial charge in [-0.1, -0.05) is 26.2 Å². The average Bonchev–Trinajstić information content (AvgIpc) is 1.94. The minimum atomic E-state index is 0.861. The van der Waals surface area contributed by atoms with Crippen LogP contribution in [0.3, 0.4) is 0 Å². The summed E-state index contributed by atoms with van der Waals surface area (Å²) < 4.78 is 0. The molecule has 0 aromatic heterocycles. The van der Waals surface area contributed by atoms with E-state index < -0.39 is 0 Å². The summed E-state index contributed by atoms with van der Waals surface area (Å²) in [6, 6.07) is 0. The van der Waals surface area contributed by atoms with Crippen molar-refractivity contribution >= 4 is 0 Å². The molecule has 0 aromatic rings. The highest BCUT2D eigenvalue weighted by Gasteiger charge is 1.80. The van der Waals surface area contributed by atoms with E-state index in [2.05, 4.69) is 12.7 Å². The Labute approximate surface area is 58.6 Å². The molecule has 0 amide bonds. The van der Waals surface area contributed by atoms with Crippen LogP contribution < -0.4 is 11.5 Å². The highest BCUT2D eigenvalue weighted by atomic mass is 14.5. The fourth-order valence-corrected chi connectivity index (χ4v) is 0.571. The fraction of sp³-hybridized carbons (Fsp3) is 1.00. The van der Waals surface area contributed by atoms with Gasteiger partial charge in [0, 0.05) is 0 Å². The van der Waals surface area contributed by atoms with Crippen LogP contribution in [0.2, 0.25) is 0 Å². The number of nitrogens with two attached hydrogens (primary N) is 2. The number of unbranched alkanes of at least 4 members (excludes halogenated alkanes) is 3. The highest BCUT2D eigenvalue weighted by Crippen LogP contribution is 1.95. The molecule has 2 heteroatoms. The van der Waals surface area contributed by atoms with Gasteiger partial charge in [-0.25, -0.2) is 0 Å². The van der Waals surface area contributed by atoms with Crippen LogP contribution in [0.4, 0.5) is 0 Å². The predicted molar refractivity (Wildman–Crippen MR) is 43.3 cm³/mol. The van der Waals surface area contributed by atoms with Crippen molar-refractivity contribution in [2.45, 2.75) is 32.6 Å². The fourth-order valence-electron chi connectivity index (χ4n) is 0.571. The first kappa shape index (κ1) is 11.7. The molecular weight excluding hydrogens is 112 g/mol. The molecule has 0 atom stereocenters. The first-order valence-corrected chi connectivity index (χ1v) is 3.69. The number of hydrogen-bond donors (Lipinski definition) is 2. The molecule has 0 spiro atoms. The molecule has 0 saturated heterocycles. The van der Waals surface area contributed by atoms with Crippen LogP contribution in [-0.4, -0.2) is 13.6 Å². The Morgan fingerprint density at radius 2 is 1.56 bits per heavy atom. The van der Waals surface area contributed by atoms with Crippen LogP contribution >= 0.6 is 0 Å². The lowest BCUT2D eigenvalue weighted by molar-refractivity contribution is 0.674. The van der Waals surface area contributed by atoms with Crippen molar-refractivity contribution in [3.05, 3.63) is 0 Å². The monoisotopic (exact) mass is 132 g/mol. The van der Waals surface area contributed by atoms with Crippen LogP contribution in [-0.2, 0) is 0 Å². The van der Waals surface area contributed by atoms with Crippen LogP contribution in [0, 0.1) is 0 Å². The zero-order valence-corrected chi connectivity index (χ0v) is 6.69. The van der Waals surface area contributed by atoms with Crippen LogP contribution in [0.15, 0.2) is 0 Å². The topological polar surface area (TPSA) is 52.0 Å². The quantitative estimate of drug-likeness (QED) is 0.563. The second kappa shape index (κ2) is 15.7. The normalized spacial score (nSPS) is 8.00. The van der Waals surface area contributed by atoms with E-state index in [0.717, 1.165) is 6.54 Å². The van der Waals surface area contributed by atoms with Crippen molar-refractivity contribution in [1.82, 2.24) is 0 Å². The van der Waals surface area contributed by atoms with Crippen molar-refractivity contribution in [3.8, 4) is 0 Å². The largest absolute Gasteiger partial charge is 0.333 e. The molecule has 9 heavy (non-hydrogen) atoms. The lowest BCUT2D eigenvalue weighted by atomic mass is 10.2. The van der Waals surface area contributed by atoms with Crippen molar-refractivity contribution in [2.75, 3.05) is 13.6 Å². The third-order valence-electron chi connectivity index (χ3n) is 1.06. The molecule has 58 valence electrons. The summed E-state index contributed by atoms with van der Waals surface area (Å²) in [5.74, 6) is 0. The molecule has 0 aliphatic carbocycles. The van der Waals surface area contributed by atoms with Gasteiger partial charge in [0.05, 0.1) is 0 Å². The van der Waals surface area contributed by atoms with Gasteiger partial charge in [-0.05, 0) is 20.0 Å². The molecule has 0 radical (unpaired) electrons. The molecule has 0 aromatic carbocycles. The van der Waals surface area contributed by atoms with Crippen LogP contribution in [0.5, 0.6) is 0 Å². The number of rotatable bonds is 4. The van der Waals surface area contributed by atoms with Gasteiger partial charge in [0.15, 0.2) is 0 Å². The molecule has 0 aliphatic heterocycles. The van der Waals surface area contributed by atoms with E-state index in [9.17, 15) is 0 Å². The smallest absolute Gasteiger partial charge is 0.00773 e. The summed E-state index contributed by atoms with van der Waals surface area (Å²) in [4.78, 5) is 0. The molecule has 0 fully saturated rings. The zero-order valence-electron chi connectivity index (χ0n) is 6.69. The Morgan fingerprint density at radius 1 is 1.00 bits per heavy atom. The third-order valence-corrected chi connectivity index (χ3v) is 1.06. The van der Waals surface area contributed by atoms with Gasteiger partial charge in [-0.2, -0.15) is 0 Å². The number of hydrogen-bond acceptors (Lipinski definition) is 2. The van der Waals surface area contributed by atoms with Crippen molar-refractivity contribution < 1.29 is 0 Å². The van der Waals surface area contributed by atoms with Crippen LogP contribution in [0.1, 0.15) is 32.6 Å². The first-order chi connectivity index (χ1) is 4.41. The molecule has 4 N–H and O–H groups in total. The van der Waals surface area contributed by atoms with E-state index in [1.54, 1.807) is 0 Å². The van der Waals surface area contributed by atoms with E-state index in [4.69, 9.17) is 5.73 Å². The zero-order chi connectivity index (χ0) is 7.54. The molecular formula is C7H20N2. The van der Waals surface area contributed by atoms with Gasteiger partial charge < -0.3 is 11.5 Å². The van der Waals surface area contributed by atoms with Gasteiger partial charge in [0.2, 0.25) is 0 Å². The average molecular weight is 132 g/mol. The highest BCUT2D eigenvalue weighted by molar-refractivity contribution is 4.38. The van der Waals surface area contributed by atoms with Gasteiger partial charge in [-0.3, -0.25) is 0 Å². The first-order valence-electron chi connectivity index (χ1n) is 3.69. The Morgan fingerprint density at radius 3 is 1.89 bits per heavy atom. The van der Waals surface area contributed by atoms with E-state index in [1.165, 1.54) is 32.7 Å². The second-order valence-corrected chi connectivity index (χ2v) is 1.85. The van der Waals surface area contributed by atoms with Crippen molar-refractivity contribution in [3.63, 3.8) is 0 Å². The summed E-state index contributed by atoms with van der Waals surface area (Å²) in [5.41, 5.74) is 9.77.